The normalized spacial score (nSPS) is 15.3. The number of halogens is 1. The first-order chi connectivity index (χ1) is 15.0. The number of nitrogens with zero attached hydrogens (tertiary/aromatic N) is 1. The number of hydrogen-bond donors (Lipinski definition) is 1. The van der Waals surface area contributed by atoms with Crippen molar-refractivity contribution in [1.29, 1.82) is 0 Å². The second kappa shape index (κ2) is 12.3. The van der Waals surface area contributed by atoms with Crippen molar-refractivity contribution in [3.8, 4) is 0 Å². The summed E-state index contributed by atoms with van der Waals surface area (Å²) < 4.78 is 0.969. The van der Waals surface area contributed by atoms with Crippen LogP contribution in [0.2, 0.25) is 0 Å². The van der Waals surface area contributed by atoms with Gasteiger partial charge in [0.25, 0.3) is 0 Å². The van der Waals surface area contributed by atoms with Crippen LogP contribution in [-0.2, 0) is 16.1 Å². The summed E-state index contributed by atoms with van der Waals surface area (Å²) in [4.78, 5) is 29.0. The smallest absolute Gasteiger partial charge is 0.242 e. The monoisotopic (exact) mass is 502 g/mol. The Balaban J connectivity index is 1.65. The summed E-state index contributed by atoms with van der Waals surface area (Å²) in [6.45, 7) is 2.27. The van der Waals surface area contributed by atoms with Gasteiger partial charge in [0.05, 0.1) is 0 Å². The van der Waals surface area contributed by atoms with E-state index in [1.54, 1.807) is 16.7 Å². The van der Waals surface area contributed by atoms with Crippen molar-refractivity contribution in [3.05, 3.63) is 64.6 Å². The van der Waals surface area contributed by atoms with Crippen molar-refractivity contribution in [3.63, 3.8) is 0 Å². The van der Waals surface area contributed by atoms with Gasteiger partial charge in [-0.15, -0.1) is 11.8 Å². The summed E-state index contributed by atoms with van der Waals surface area (Å²) >= 11 is 5.17. The first-order valence-corrected chi connectivity index (χ1v) is 12.8. The molecule has 1 N–H and O–H groups in total. The van der Waals surface area contributed by atoms with Gasteiger partial charge in [-0.2, -0.15) is 0 Å². The van der Waals surface area contributed by atoms with Crippen LogP contribution in [-0.4, -0.2) is 34.6 Å². The van der Waals surface area contributed by atoms with E-state index in [0.717, 1.165) is 40.6 Å². The second-order valence-corrected chi connectivity index (χ2v) is 10.2. The standard InChI is InChI=1S/C25H31BrN2O2S/c1-19(25(30)27-22-11-4-2-5-12-22)28(18-20-9-8-10-21(26)17-20)24(29)15-16-31-23-13-6-3-7-14-23/h3,6-10,13-14,17,19,22H,2,4-5,11-12,15-16,18H2,1H3,(H,27,30)/t19-/m1/s1. The third-order valence-corrected chi connectivity index (χ3v) is 7.20. The van der Waals surface area contributed by atoms with Crippen molar-refractivity contribution in [2.45, 2.75) is 69.0 Å². The summed E-state index contributed by atoms with van der Waals surface area (Å²) in [6.07, 6.45) is 6.04. The Morgan fingerprint density at radius 3 is 2.55 bits per heavy atom. The van der Waals surface area contributed by atoms with Gasteiger partial charge in [0, 0.05) is 34.1 Å². The Bertz CT molecular complexity index is 856. The Kier molecular flexibility index (Phi) is 9.47. The summed E-state index contributed by atoms with van der Waals surface area (Å²) in [5.41, 5.74) is 1.01. The second-order valence-electron chi connectivity index (χ2n) is 8.08. The van der Waals surface area contributed by atoms with E-state index in [-0.39, 0.29) is 17.9 Å². The van der Waals surface area contributed by atoms with E-state index in [4.69, 9.17) is 0 Å². The molecule has 6 heteroatoms. The first-order valence-electron chi connectivity index (χ1n) is 11.0. The fourth-order valence-corrected chi connectivity index (χ4v) is 5.21. The third-order valence-electron chi connectivity index (χ3n) is 5.69. The molecule has 1 fully saturated rings. The number of carbonyl (C=O) groups excluding carboxylic acids is 2. The Morgan fingerprint density at radius 2 is 1.84 bits per heavy atom. The van der Waals surface area contributed by atoms with E-state index in [1.807, 2.05) is 49.4 Å². The lowest BCUT2D eigenvalue weighted by Crippen LogP contribution is -2.50. The van der Waals surface area contributed by atoms with Gasteiger partial charge in [-0.3, -0.25) is 9.59 Å². The topological polar surface area (TPSA) is 49.4 Å². The summed E-state index contributed by atoms with van der Waals surface area (Å²) in [6, 6.07) is 17.7. The van der Waals surface area contributed by atoms with Crippen LogP contribution in [0, 0.1) is 0 Å². The van der Waals surface area contributed by atoms with Crippen LogP contribution >= 0.6 is 27.7 Å². The fraction of sp³-hybridized carbons (Fsp3) is 0.440. The van der Waals surface area contributed by atoms with Gasteiger partial charge < -0.3 is 10.2 Å². The number of rotatable bonds is 9. The average Bonchev–Trinajstić information content (AvgIpc) is 2.78. The molecule has 0 heterocycles. The van der Waals surface area contributed by atoms with Gasteiger partial charge in [-0.1, -0.05) is 65.5 Å². The van der Waals surface area contributed by atoms with E-state index in [1.165, 1.54) is 6.42 Å². The highest BCUT2D eigenvalue weighted by molar-refractivity contribution is 9.10. The molecule has 4 nitrogen and oxygen atoms in total. The molecule has 1 aliphatic carbocycles. The molecular weight excluding hydrogens is 472 g/mol. The summed E-state index contributed by atoms with van der Waals surface area (Å²) in [5.74, 6) is 0.648. The number of benzene rings is 2. The predicted molar refractivity (Wildman–Crippen MR) is 131 cm³/mol. The van der Waals surface area contributed by atoms with Crippen LogP contribution in [0.3, 0.4) is 0 Å². The van der Waals surface area contributed by atoms with Crippen molar-refractivity contribution in [2.24, 2.45) is 0 Å². The minimum absolute atomic E-state index is 0.00898. The minimum atomic E-state index is -0.505. The molecule has 166 valence electrons. The van der Waals surface area contributed by atoms with Crippen molar-refractivity contribution < 1.29 is 9.59 Å². The van der Waals surface area contributed by atoms with Gasteiger partial charge in [0.2, 0.25) is 11.8 Å². The maximum Gasteiger partial charge on any atom is 0.242 e. The number of carbonyl (C=O) groups is 2. The van der Waals surface area contributed by atoms with Crippen molar-refractivity contribution in [2.75, 3.05) is 5.75 Å². The maximum absolute atomic E-state index is 13.2. The molecule has 1 atom stereocenters. The third kappa shape index (κ3) is 7.69. The zero-order chi connectivity index (χ0) is 22.1. The van der Waals surface area contributed by atoms with Crippen LogP contribution < -0.4 is 5.32 Å². The number of thioether (sulfide) groups is 1. The minimum Gasteiger partial charge on any atom is -0.352 e. The summed E-state index contributed by atoms with van der Waals surface area (Å²) in [5, 5.41) is 3.19. The molecule has 0 unspecified atom stereocenters. The molecule has 0 aliphatic heterocycles. The molecule has 0 saturated heterocycles. The molecule has 0 radical (unpaired) electrons. The Labute approximate surface area is 198 Å². The number of nitrogens with one attached hydrogen (secondary N) is 1. The van der Waals surface area contributed by atoms with E-state index in [0.29, 0.717) is 18.7 Å². The number of amides is 2. The van der Waals surface area contributed by atoms with E-state index < -0.39 is 6.04 Å². The van der Waals surface area contributed by atoms with Crippen LogP contribution in [0.25, 0.3) is 0 Å². The number of hydrogen-bond acceptors (Lipinski definition) is 3. The molecule has 2 amide bonds. The maximum atomic E-state index is 13.2. The van der Waals surface area contributed by atoms with Crippen LogP contribution in [0.15, 0.2) is 64.0 Å². The van der Waals surface area contributed by atoms with Gasteiger partial charge >= 0.3 is 0 Å². The Morgan fingerprint density at radius 1 is 1.10 bits per heavy atom. The quantitative estimate of drug-likeness (QED) is 0.441. The molecule has 0 bridgehead atoms. The zero-order valence-electron chi connectivity index (χ0n) is 18.1. The highest BCUT2D eigenvalue weighted by atomic mass is 79.9. The predicted octanol–water partition coefficient (Wildman–Crippen LogP) is 5.80. The molecule has 0 aromatic heterocycles. The first kappa shape index (κ1) is 23.9. The molecule has 1 aliphatic rings. The van der Waals surface area contributed by atoms with E-state index >= 15 is 0 Å². The lowest BCUT2D eigenvalue weighted by Gasteiger charge is -2.31. The van der Waals surface area contributed by atoms with Crippen LogP contribution in [0.1, 0.15) is 51.0 Å². The van der Waals surface area contributed by atoms with Crippen molar-refractivity contribution >= 4 is 39.5 Å². The highest BCUT2D eigenvalue weighted by Crippen LogP contribution is 2.21. The van der Waals surface area contributed by atoms with Gasteiger partial charge in [-0.05, 0) is 49.6 Å². The summed E-state index contributed by atoms with van der Waals surface area (Å²) in [7, 11) is 0. The molecule has 3 rings (SSSR count). The molecule has 0 spiro atoms. The van der Waals surface area contributed by atoms with E-state index in [9.17, 15) is 9.59 Å². The highest BCUT2D eigenvalue weighted by Gasteiger charge is 2.27. The van der Waals surface area contributed by atoms with E-state index in [2.05, 4.69) is 33.4 Å². The molecular formula is C25H31BrN2O2S. The molecule has 2 aromatic carbocycles. The fourth-order valence-electron chi connectivity index (χ4n) is 3.90. The van der Waals surface area contributed by atoms with Gasteiger partial charge in [-0.25, -0.2) is 0 Å². The van der Waals surface area contributed by atoms with Crippen LogP contribution in [0.5, 0.6) is 0 Å². The molecule has 1 saturated carbocycles. The largest absolute Gasteiger partial charge is 0.352 e. The van der Waals surface area contributed by atoms with Crippen LogP contribution in [0.4, 0.5) is 0 Å². The molecule has 31 heavy (non-hydrogen) atoms. The van der Waals surface area contributed by atoms with Crippen molar-refractivity contribution in [1.82, 2.24) is 10.2 Å². The van der Waals surface area contributed by atoms with Gasteiger partial charge in [0.15, 0.2) is 0 Å². The lowest BCUT2D eigenvalue weighted by atomic mass is 9.95. The SMILES string of the molecule is C[C@H](C(=O)NC1CCCCC1)N(Cc1cccc(Br)c1)C(=O)CCSc1ccccc1. The average molecular weight is 504 g/mol. The lowest BCUT2D eigenvalue weighted by molar-refractivity contribution is -0.140. The molecule has 2 aromatic rings. The van der Waals surface area contributed by atoms with Gasteiger partial charge in [0.1, 0.15) is 6.04 Å². The zero-order valence-corrected chi connectivity index (χ0v) is 20.5. The Hall–Kier alpha value is -1.79.